The van der Waals surface area contributed by atoms with E-state index in [2.05, 4.69) is 15.9 Å². The molecule has 2 aromatic carbocycles. The molecule has 0 amide bonds. The fourth-order valence-corrected chi connectivity index (χ4v) is 2.31. The minimum absolute atomic E-state index is 0.0865. The van der Waals surface area contributed by atoms with Gasteiger partial charge in [-0.05, 0) is 46.3 Å². The maximum atomic E-state index is 12.3. The summed E-state index contributed by atoms with van der Waals surface area (Å²) in [6.07, 6.45) is 0. The minimum atomic E-state index is -1.06. The second kappa shape index (κ2) is 5.88. The van der Waals surface area contributed by atoms with Gasteiger partial charge in [-0.3, -0.25) is 4.79 Å². The molecule has 0 saturated carbocycles. The van der Waals surface area contributed by atoms with Crippen LogP contribution in [0.2, 0.25) is 0 Å². The lowest BCUT2D eigenvalue weighted by atomic mass is 10.0. The summed E-state index contributed by atoms with van der Waals surface area (Å²) in [6, 6.07) is 10.9. The molecule has 0 aromatic heterocycles. The smallest absolute Gasteiger partial charge is 0.335 e. The molecule has 0 bridgehead atoms. The van der Waals surface area contributed by atoms with Gasteiger partial charge in [0.1, 0.15) is 5.75 Å². The van der Waals surface area contributed by atoms with E-state index in [9.17, 15) is 9.59 Å². The summed E-state index contributed by atoms with van der Waals surface area (Å²) in [6.45, 7) is 0. The highest BCUT2D eigenvalue weighted by molar-refractivity contribution is 9.10. The van der Waals surface area contributed by atoms with Gasteiger partial charge < -0.3 is 9.84 Å². The highest BCUT2D eigenvalue weighted by Crippen LogP contribution is 2.26. The second-order valence-corrected chi connectivity index (χ2v) is 4.92. The predicted molar refractivity (Wildman–Crippen MR) is 77.5 cm³/mol. The topological polar surface area (TPSA) is 63.6 Å². The molecule has 0 saturated heterocycles. The molecule has 5 heteroatoms. The summed E-state index contributed by atoms with van der Waals surface area (Å²) >= 11 is 3.31. The van der Waals surface area contributed by atoms with Gasteiger partial charge in [-0.2, -0.15) is 0 Å². The van der Waals surface area contributed by atoms with Crippen molar-refractivity contribution in [1.82, 2.24) is 0 Å². The maximum absolute atomic E-state index is 12.3. The fraction of sp³-hybridized carbons (Fsp3) is 0.0667. The highest BCUT2D eigenvalue weighted by atomic mass is 79.9. The van der Waals surface area contributed by atoms with Crippen LogP contribution in [0.3, 0.4) is 0 Å². The average molecular weight is 335 g/mol. The van der Waals surface area contributed by atoms with E-state index in [4.69, 9.17) is 9.84 Å². The summed E-state index contributed by atoms with van der Waals surface area (Å²) in [5.74, 6) is -0.673. The van der Waals surface area contributed by atoms with E-state index in [-0.39, 0.29) is 11.3 Å². The lowest BCUT2D eigenvalue weighted by Gasteiger charge is -2.06. The first-order chi connectivity index (χ1) is 9.52. The Bertz CT molecular complexity index is 679. The van der Waals surface area contributed by atoms with Crippen molar-refractivity contribution in [3.63, 3.8) is 0 Å². The van der Waals surface area contributed by atoms with Crippen molar-refractivity contribution in [2.24, 2.45) is 0 Å². The predicted octanol–water partition coefficient (Wildman–Crippen LogP) is 3.39. The maximum Gasteiger partial charge on any atom is 0.335 e. The third-order valence-electron chi connectivity index (χ3n) is 2.79. The summed E-state index contributed by atoms with van der Waals surface area (Å²) in [7, 11) is 1.54. The number of benzene rings is 2. The summed E-state index contributed by atoms with van der Waals surface area (Å²) in [4.78, 5) is 23.2. The van der Waals surface area contributed by atoms with Crippen molar-refractivity contribution in [1.29, 1.82) is 0 Å². The zero-order chi connectivity index (χ0) is 14.7. The molecule has 0 unspecified atom stereocenters. The van der Waals surface area contributed by atoms with Crippen LogP contribution in [-0.4, -0.2) is 24.0 Å². The summed E-state index contributed by atoms with van der Waals surface area (Å²) in [5, 5.41) is 8.94. The van der Waals surface area contributed by atoms with Crippen LogP contribution in [0.5, 0.6) is 5.75 Å². The Hall–Kier alpha value is -2.14. The van der Waals surface area contributed by atoms with Crippen molar-refractivity contribution in [3.8, 4) is 5.75 Å². The quantitative estimate of drug-likeness (QED) is 0.870. The van der Waals surface area contributed by atoms with Crippen LogP contribution in [0.4, 0.5) is 0 Å². The molecule has 0 aliphatic heterocycles. The molecule has 0 atom stereocenters. The van der Waals surface area contributed by atoms with Crippen LogP contribution in [0, 0.1) is 0 Å². The molecule has 0 heterocycles. The first-order valence-corrected chi connectivity index (χ1v) is 6.54. The number of carbonyl (C=O) groups excluding carboxylic acids is 1. The molecular weight excluding hydrogens is 324 g/mol. The van der Waals surface area contributed by atoms with Gasteiger partial charge in [-0.25, -0.2) is 4.79 Å². The standard InChI is InChI=1S/C15H11BrO4/c1-20-13-6-5-10(8-12(13)16)14(17)9-3-2-4-11(7-9)15(18)19/h2-8H,1H3,(H,18,19). The molecule has 102 valence electrons. The van der Waals surface area contributed by atoms with Crippen molar-refractivity contribution < 1.29 is 19.4 Å². The Morgan fingerprint density at radius 1 is 1.05 bits per heavy atom. The van der Waals surface area contributed by atoms with E-state index < -0.39 is 5.97 Å². The third-order valence-corrected chi connectivity index (χ3v) is 3.41. The highest BCUT2D eigenvalue weighted by Gasteiger charge is 2.13. The zero-order valence-electron chi connectivity index (χ0n) is 10.6. The Balaban J connectivity index is 2.38. The van der Waals surface area contributed by atoms with Gasteiger partial charge >= 0.3 is 5.97 Å². The lowest BCUT2D eigenvalue weighted by Crippen LogP contribution is -2.04. The molecule has 4 nitrogen and oxygen atoms in total. The van der Waals surface area contributed by atoms with E-state index in [0.717, 1.165) is 0 Å². The third kappa shape index (κ3) is 2.88. The fourth-order valence-electron chi connectivity index (χ4n) is 1.77. The van der Waals surface area contributed by atoms with Crippen molar-refractivity contribution in [3.05, 3.63) is 63.6 Å². The molecule has 0 radical (unpaired) electrons. The molecule has 2 rings (SSSR count). The van der Waals surface area contributed by atoms with E-state index in [1.54, 1.807) is 30.3 Å². The number of ether oxygens (including phenoxy) is 1. The first-order valence-electron chi connectivity index (χ1n) is 5.74. The molecule has 0 fully saturated rings. The van der Waals surface area contributed by atoms with Crippen molar-refractivity contribution in [2.45, 2.75) is 0 Å². The Morgan fingerprint density at radius 2 is 1.70 bits per heavy atom. The van der Waals surface area contributed by atoms with Gasteiger partial charge in [0.2, 0.25) is 0 Å². The van der Waals surface area contributed by atoms with Crippen molar-refractivity contribution >= 4 is 27.7 Å². The average Bonchev–Trinajstić information content (AvgIpc) is 2.46. The minimum Gasteiger partial charge on any atom is -0.496 e. The molecule has 20 heavy (non-hydrogen) atoms. The zero-order valence-corrected chi connectivity index (χ0v) is 12.2. The Kier molecular flexibility index (Phi) is 4.20. The molecule has 2 aromatic rings. The van der Waals surface area contributed by atoms with E-state index in [1.165, 1.54) is 19.2 Å². The number of carboxylic acids is 1. The number of hydrogen-bond donors (Lipinski definition) is 1. The number of carbonyl (C=O) groups is 2. The van der Waals surface area contributed by atoms with Crippen molar-refractivity contribution in [2.75, 3.05) is 7.11 Å². The molecule has 1 N–H and O–H groups in total. The largest absolute Gasteiger partial charge is 0.496 e. The number of carboxylic acid groups (broad SMARTS) is 1. The number of halogens is 1. The normalized spacial score (nSPS) is 10.1. The number of aromatic carboxylic acids is 1. The van der Waals surface area contributed by atoms with Gasteiger partial charge in [0.05, 0.1) is 17.1 Å². The van der Waals surface area contributed by atoms with Crippen LogP contribution in [0.15, 0.2) is 46.9 Å². The molecule has 0 aliphatic carbocycles. The van der Waals surface area contributed by atoms with Crippen LogP contribution in [0.1, 0.15) is 26.3 Å². The summed E-state index contributed by atoms with van der Waals surface area (Å²) in [5.41, 5.74) is 0.880. The summed E-state index contributed by atoms with van der Waals surface area (Å²) < 4.78 is 5.77. The first kappa shape index (κ1) is 14.3. The van der Waals surface area contributed by atoms with E-state index in [0.29, 0.717) is 21.3 Å². The SMILES string of the molecule is COc1ccc(C(=O)c2cccc(C(=O)O)c2)cc1Br. The monoisotopic (exact) mass is 334 g/mol. The van der Waals surface area contributed by atoms with Crippen LogP contribution in [-0.2, 0) is 0 Å². The Morgan fingerprint density at radius 3 is 2.30 bits per heavy atom. The van der Waals surface area contributed by atoms with Gasteiger partial charge in [0.15, 0.2) is 5.78 Å². The number of rotatable bonds is 4. The van der Waals surface area contributed by atoms with Crippen LogP contribution >= 0.6 is 15.9 Å². The Labute approximate surface area is 124 Å². The van der Waals surface area contributed by atoms with E-state index >= 15 is 0 Å². The van der Waals surface area contributed by atoms with Gasteiger partial charge in [0, 0.05) is 11.1 Å². The van der Waals surface area contributed by atoms with Gasteiger partial charge in [-0.15, -0.1) is 0 Å². The van der Waals surface area contributed by atoms with Crippen LogP contribution in [0.25, 0.3) is 0 Å². The second-order valence-electron chi connectivity index (χ2n) is 4.06. The number of ketones is 1. The van der Waals surface area contributed by atoms with Gasteiger partial charge in [-0.1, -0.05) is 12.1 Å². The molecular formula is C15H11BrO4. The molecule has 0 spiro atoms. The van der Waals surface area contributed by atoms with E-state index in [1.807, 2.05) is 0 Å². The number of hydrogen-bond acceptors (Lipinski definition) is 3. The lowest BCUT2D eigenvalue weighted by molar-refractivity contribution is 0.0697. The molecule has 0 aliphatic rings. The number of methoxy groups -OCH3 is 1. The van der Waals surface area contributed by atoms with Crippen LogP contribution < -0.4 is 4.74 Å². The van der Waals surface area contributed by atoms with Gasteiger partial charge in [0.25, 0.3) is 0 Å².